The molecule has 2 aromatic rings. The molecule has 16 heavy (non-hydrogen) atoms. The van der Waals surface area contributed by atoms with Gasteiger partial charge in [-0.15, -0.1) is 0 Å². The van der Waals surface area contributed by atoms with E-state index >= 15 is 0 Å². The van der Waals surface area contributed by atoms with E-state index in [-0.39, 0.29) is 0 Å². The van der Waals surface area contributed by atoms with Crippen molar-refractivity contribution in [2.45, 2.75) is 19.5 Å². The second-order valence-corrected chi connectivity index (χ2v) is 4.10. The first-order chi connectivity index (χ1) is 7.83. The van der Waals surface area contributed by atoms with Crippen LogP contribution in [0.5, 0.6) is 0 Å². The normalized spacial score (nSPS) is 17.6. The van der Waals surface area contributed by atoms with Gasteiger partial charge >= 0.3 is 0 Å². The average Bonchev–Trinajstić information content (AvgIpc) is 2.82. The molecular formula is C10H13N5O. The van der Waals surface area contributed by atoms with Crippen molar-refractivity contribution >= 4 is 0 Å². The number of aromatic nitrogens is 4. The van der Waals surface area contributed by atoms with Gasteiger partial charge in [-0.3, -0.25) is 4.90 Å². The first kappa shape index (κ1) is 9.53. The first-order valence-electron chi connectivity index (χ1n) is 5.31. The number of hydrogen-bond acceptors (Lipinski definition) is 5. The van der Waals surface area contributed by atoms with E-state index in [1.165, 1.54) is 0 Å². The Hall–Kier alpha value is -1.69. The quantitative estimate of drug-likeness (QED) is 0.757. The van der Waals surface area contributed by atoms with E-state index < -0.39 is 0 Å². The zero-order valence-electron chi connectivity index (χ0n) is 9.08. The highest BCUT2D eigenvalue weighted by Crippen LogP contribution is 2.22. The molecule has 0 aromatic carbocycles. The second kappa shape index (κ2) is 3.71. The lowest BCUT2D eigenvalue weighted by Gasteiger charge is -2.37. The van der Waals surface area contributed by atoms with Crippen LogP contribution < -0.4 is 0 Å². The Morgan fingerprint density at radius 2 is 2.12 bits per heavy atom. The van der Waals surface area contributed by atoms with Gasteiger partial charge in [0.25, 0.3) is 0 Å². The van der Waals surface area contributed by atoms with Crippen molar-refractivity contribution in [3.63, 3.8) is 0 Å². The molecule has 0 N–H and O–H groups in total. The summed E-state index contributed by atoms with van der Waals surface area (Å²) in [5, 5.41) is 12.0. The van der Waals surface area contributed by atoms with E-state index in [9.17, 15) is 0 Å². The van der Waals surface area contributed by atoms with Crippen LogP contribution in [0.2, 0.25) is 0 Å². The summed E-state index contributed by atoms with van der Waals surface area (Å²) in [6.45, 7) is 4.81. The molecule has 0 bridgehead atoms. The van der Waals surface area contributed by atoms with Crippen molar-refractivity contribution in [1.82, 2.24) is 25.1 Å². The summed E-state index contributed by atoms with van der Waals surface area (Å²) in [6, 6.07) is 0.412. The van der Waals surface area contributed by atoms with Crippen molar-refractivity contribution < 1.29 is 4.52 Å². The molecule has 84 valence electrons. The lowest BCUT2D eigenvalue weighted by molar-refractivity contribution is 0.0809. The van der Waals surface area contributed by atoms with Gasteiger partial charge in [-0.25, -0.2) is 0 Å². The molecular weight excluding hydrogens is 206 g/mol. The lowest BCUT2D eigenvalue weighted by atomic mass is 10.1. The summed E-state index contributed by atoms with van der Waals surface area (Å²) < 4.78 is 5.03. The maximum absolute atomic E-state index is 5.03. The van der Waals surface area contributed by atoms with E-state index in [4.69, 9.17) is 4.52 Å². The molecule has 1 aliphatic rings. The smallest absolute Gasteiger partial charge is 0.138 e. The fourth-order valence-electron chi connectivity index (χ4n) is 1.94. The van der Waals surface area contributed by atoms with Crippen molar-refractivity contribution in [2.75, 3.05) is 13.1 Å². The highest BCUT2D eigenvalue weighted by molar-refractivity contribution is 5.11. The molecule has 0 saturated carbocycles. The minimum atomic E-state index is 0.412. The summed E-state index contributed by atoms with van der Waals surface area (Å²) in [5.41, 5.74) is 1.16. The van der Waals surface area contributed by atoms with E-state index in [0.717, 1.165) is 31.0 Å². The molecule has 3 rings (SSSR count). The first-order valence-corrected chi connectivity index (χ1v) is 5.31. The van der Waals surface area contributed by atoms with Crippen LogP contribution in [0.4, 0.5) is 0 Å². The number of hydrogen-bond donors (Lipinski definition) is 0. The monoisotopic (exact) mass is 219 g/mol. The second-order valence-electron chi connectivity index (χ2n) is 4.10. The summed E-state index contributed by atoms with van der Waals surface area (Å²) in [6.07, 6.45) is 5.22. The van der Waals surface area contributed by atoms with Crippen LogP contribution in [0.1, 0.15) is 17.4 Å². The maximum atomic E-state index is 5.03. The van der Waals surface area contributed by atoms with Gasteiger partial charge in [0.2, 0.25) is 0 Å². The minimum absolute atomic E-state index is 0.412. The Kier molecular flexibility index (Phi) is 2.21. The van der Waals surface area contributed by atoms with Gasteiger partial charge in [-0.05, 0) is 6.92 Å². The van der Waals surface area contributed by atoms with Crippen molar-refractivity contribution in [3.05, 3.63) is 29.9 Å². The molecule has 0 amide bonds. The third kappa shape index (κ3) is 1.61. The Bertz CT molecular complexity index is 457. The van der Waals surface area contributed by atoms with Crippen LogP contribution in [0, 0.1) is 6.92 Å². The Labute approximate surface area is 92.8 Å². The highest BCUT2D eigenvalue weighted by atomic mass is 16.5. The topological polar surface area (TPSA) is 60.0 Å². The number of aryl methyl sites for hydroxylation is 1. The average molecular weight is 219 g/mol. The Balaban J connectivity index is 1.56. The third-order valence-electron chi connectivity index (χ3n) is 2.95. The zero-order chi connectivity index (χ0) is 11.0. The van der Waals surface area contributed by atoms with Crippen molar-refractivity contribution in [1.29, 1.82) is 0 Å². The summed E-state index contributed by atoms with van der Waals surface area (Å²) in [4.78, 5) is 4.10. The zero-order valence-corrected chi connectivity index (χ0v) is 9.08. The number of rotatable bonds is 3. The van der Waals surface area contributed by atoms with Crippen LogP contribution in [0.15, 0.2) is 23.1 Å². The predicted octanol–water partition coefficient (Wildman–Crippen LogP) is 0.631. The molecule has 0 spiro atoms. The molecule has 0 radical (unpaired) electrons. The molecule has 1 fully saturated rings. The summed E-state index contributed by atoms with van der Waals surface area (Å²) >= 11 is 0. The van der Waals surface area contributed by atoms with Gasteiger partial charge in [0, 0.05) is 25.2 Å². The third-order valence-corrected chi connectivity index (χ3v) is 2.95. The largest absolute Gasteiger partial charge is 0.361 e. The maximum Gasteiger partial charge on any atom is 0.138 e. The van der Waals surface area contributed by atoms with Crippen LogP contribution in [0.3, 0.4) is 0 Å². The minimum Gasteiger partial charge on any atom is -0.361 e. The van der Waals surface area contributed by atoms with Gasteiger partial charge in [-0.2, -0.15) is 15.0 Å². The fraction of sp³-hybridized carbons (Fsp3) is 0.500. The highest BCUT2D eigenvalue weighted by Gasteiger charge is 2.29. The standard InChI is InChI=1S/C10H13N5O/c1-8-9(4-13-16-8)5-14-6-10(7-14)15-11-2-3-12-15/h2-4,10H,5-7H2,1H3. The number of likely N-dealkylation sites (tertiary alicyclic amines) is 1. The molecule has 2 aromatic heterocycles. The van der Waals surface area contributed by atoms with Crippen LogP contribution in [-0.4, -0.2) is 38.1 Å². The molecule has 3 heterocycles. The molecule has 1 saturated heterocycles. The van der Waals surface area contributed by atoms with Gasteiger partial charge in [0.05, 0.1) is 24.6 Å². The molecule has 0 aliphatic carbocycles. The van der Waals surface area contributed by atoms with E-state index in [1.807, 2.05) is 6.92 Å². The van der Waals surface area contributed by atoms with Gasteiger partial charge in [-0.1, -0.05) is 5.16 Å². The SMILES string of the molecule is Cc1oncc1CN1CC(n2nccn2)C1. The van der Waals surface area contributed by atoms with Gasteiger partial charge in [0.1, 0.15) is 5.76 Å². The van der Waals surface area contributed by atoms with E-state index in [0.29, 0.717) is 6.04 Å². The fourth-order valence-corrected chi connectivity index (χ4v) is 1.94. The van der Waals surface area contributed by atoms with E-state index in [2.05, 4.69) is 20.3 Å². The summed E-state index contributed by atoms with van der Waals surface area (Å²) in [7, 11) is 0. The summed E-state index contributed by atoms with van der Waals surface area (Å²) in [5.74, 6) is 0.903. The predicted molar refractivity (Wildman–Crippen MR) is 55.6 cm³/mol. The van der Waals surface area contributed by atoms with Crippen LogP contribution in [-0.2, 0) is 6.54 Å². The van der Waals surface area contributed by atoms with Gasteiger partial charge in [0.15, 0.2) is 0 Å². The van der Waals surface area contributed by atoms with Crippen LogP contribution in [0.25, 0.3) is 0 Å². The van der Waals surface area contributed by atoms with Crippen molar-refractivity contribution in [2.24, 2.45) is 0 Å². The lowest BCUT2D eigenvalue weighted by Crippen LogP contribution is -2.47. The molecule has 6 nitrogen and oxygen atoms in total. The molecule has 1 aliphatic heterocycles. The molecule has 0 atom stereocenters. The number of nitrogens with zero attached hydrogens (tertiary/aromatic N) is 5. The van der Waals surface area contributed by atoms with E-state index in [1.54, 1.807) is 23.4 Å². The molecule has 0 unspecified atom stereocenters. The van der Waals surface area contributed by atoms with Crippen LogP contribution >= 0.6 is 0 Å². The Morgan fingerprint density at radius 1 is 1.38 bits per heavy atom. The van der Waals surface area contributed by atoms with Crippen molar-refractivity contribution in [3.8, 4) is 0 Å². The molecule has 6 heteroatoms. The Morgan fingerprint density at radius 3 is 2.75 bits per heavy atom. The van der Waals surface area contributed by atoms with Gasteiger partial charge < -0.3 is 4.52 Å².